The summed E-state index contributed by atoms with van der Waals surface area (Å²) in [6.07, 6.45) is 3.61. The van der Waals surface area contributed by atoms with E-state index < -0.39 is 0 Å². The molecule has 0 unspecified atom stereocenters. The van der Waals surface area contributed by atoms with E-state index in [9.17, 15) is 0 Å². The molecule has 0 saturated heterocycles. The van der Waals surface area contributed by atoms with Gasteiger partial charge in [-0.15, -0.1) is 0 Å². The maximum absolute atomic E-state index is 4.09. The molecule has 13 heavy (non-hydrogen) atoms. The maximum Gasteiger partial charge on any atom is -0.0230 e. The minimum atomic E-state index is 1.12. The molecule has 0 atom stereocenters. The van der Waals surface area contributed by atoms with E-state index in [2.05, 4.69) is 44.7 Å². The number of hydrogen-bond donors (Lipinski definition) is 0. The van der Waals surface area contributed by atoms with Gasteiger partial charge < -0.3 is 0 Å². The monoisotopic (exact) mass is 174 g/mol. The van der Waals surface area contributed by atoms with Gasteiger partial charge >= 0.3 is 0 Å². The molecular weight excluding hydrogens is 156 g/mol. The molecule has 0 saturated carbocycles. The standard InChI is InChI=1S/C13H18/c1-4-5-6-12(3)13-9-7-11(2)8-10-13/h7-10H,3-6H2,1-2H3. The normalized spacial score (nSPS) is 10.0. The SMILES string of the molecule is C=C(CCCC)c1ccc(C)cc1. The molecule has 0 aliphatic rings. The molecule has 1 aromatic carbocycles. The summed E-state index contributed by atoms with van der Waals surface area (Å²) in [7, 11) is 0. The minimum absolute atomic E-state index is 1.12. The molecule has 0 N–H and O–H groups in total. The van der Waals surface area contributed by atoms with Crippen molar-refractivity contribution in [3.63, 3.8) is 0 Å². The summed E-state index contributed by atoms with van der Waals surface area (Å²) in [5.41, 5.74) is 3.87. The fourth-order valence-corrected chi connectivity index (χ4v) is 1.32. The zero-order valence-electron chi connectivity index (χ0n) is 8.64. The van der Waals surface area contributed by atoms with E-state index in [-0.39, 0.29) is 0 Å². The van der Waals surface area contributed by atoms with Gasteiger partial charge in [0.05, 0.1) is 0 Å². The topological polar surface area (TPSA) is 0 Å². The lowest BCUT2D eigenvalue weighted by atomic mass is 10.0. The number of allylic oxidation sites excluding steroid dienone is 1. The van der Waals surface area contributed by atoms with Crippen molar-refractivity contribution in [1.82, 2.24) is 0 Å². The summed E-state index contributed by atoms with van der Waals surface area (Å²) in [5, 5.41) is 0. The highest BCUT2D eigenvalue weighted by Gasteiger charge is 1.97. The van der Waals surface area contributed by atoms with Crippen molar-refractivity contribution in [3.8, 4) is 0 Å². The number of rotatable bonds is 4. The van der Waals surface area contributed by atoms with Crippen LogP contribution in [0.25, 0.3) is 5.57 Å². The predicted molar refractivity (Wildman–Crippen MR) is 59.7 cm³/mol. The van der Waals surface area contributed by atoms with Crippen LogP contribution in [-0.2, 0) is 0 Å². The summed E-state index contributed by atoms with van der Waals surface area (Å²) in [6, 6.07) is 8.61. The van der Waals surface area contributed by atoms with Crippen molar-refractivity contribution in [2.45, 2.75) is 33.1 Å². The number of aryl methyl sites for hydroxylation is 1. The van der Waals surface area contributed by atoms with Crippen molar-refractivity contribution in [2.75, 3.05) is 0 Å². The summed E-state index contributed by atoms with van der Waals surface area (Å²) in [5.74, 6) is 0. The van der Waals surface area contributed by atoms with Gasteiger partial charge in [0.25, 0.3) is 0 Å². The molecule has 0 aliphatic heterocycles. The molecule has 0 heteroatoms. The minimum Gasteiger partial charge on any atom is -0.0952 e. The van der Waals surface area contributed by atoms with Crippen molar-refractivity contribution in [3.05, 3.63) is 42.0 Å². The predicted octanol–water partition coefficient (Wildman–Crippen LogP) is 4.20. The second kappa shape index (κ2) is 4.86. The first-order chi connectivity index (χ1) is 6.24. The van der Waals surface area contributed by atoms with Crippen molar-refractivity contribution in [1.29, 1.82) is 0 Å². The van der Waals surface area contributed by atoms with Crippen LogP contribution in [0.2, 0.25) is 0 Å². The number of unbranched alkanes of at least 4 members (excludes halogenated alkanes) is 1. The fourth-order valence-electron chi connectivity index (χ4n) is 1.32. The van der Waals surface area contributed by atoms with Crippen LogP contribution in [0.1, 0.15) is 37.3 Å². The molecule has 1 rings (SSSR count). The van der Waals surface area contributed by atoms with Gasteiger partial charge in [0.2, 0.25) is 0 Å². The lowest BCUT2D eigenvalue weighted by Crippen LogP contribution is -1.83. The molecule has 0 nitrogen and oxygen atoms in total. The van der Waals surface area contributed by atoms with Crippen LogP contribution in [-0.4, -0.2) is 0 Å². The van der Waals surface area contributed by atoms with Gasteiger partial charge in [0.15, 0.2) is 0 Å². The lowest BCUT2D eigenvalue weighted by molar-refractivity contribution is 0.825. The highest BCUT2D eigenvalue weighted by molar-refractivity contribution is 5.63. The molecule has 0 aliphatic carbocycles. The van der Waals surface area contributed by atoms with Crippen LogP contribution in [0.15, 0.2) is 30.8 Å². The van der Waals surface area contributed by atoms with Crippen LogP contribution in [0, 0.1) is 6.92 Å². The third-order valence-electron chi connectivity index (χ3n) is 2.29. The van der Waals surface area contributed by atoms with Crippen LogP contribution in [0.3, 0.4) is 0 Å². The Morgan fingerprint density at radius 3 is 2.38 bits per heavy atom. The molecule has 0 spiro atoms. The smallest absolute Gasteiger partial charge is 0.0230 e. The Labute approximate surface area is 81.3 Å². The van der Waals surface area contributed by atoms with E-state index in [0.717, 1.165) is 6.42 Å². The Balaban J connectivity index is 2.61. The van der Waals surface area contributed by atoms with Gasteiger partial charge in [-0.25, -0.2) is 0 Å². The van der Waals surface area contributed by atoms with Gasteiger partial charge in [0, 0.05) is 0 Å². The van der Waals surface area contributed by atoms with E-state index in [0.29, 0.717) is 0 Å². The summed E-state index contributed by atoms with van der Waals surface area (Å²) < 4.78 is 0. The van der Waals surface area contributed by atoms with Crippen LogP contribution in [0.4, 0.5) is 0 Å². The van der Waals surface area contributed by atoms with Gasteiger partial charge in [-0.05, 0) is 30.9 Å². The van der Waals surface area contributed by atoms with Gasteiger partial charge in [-0.2, -0.15) is 0 Å². The molecule has 0 amide bonds. The summed E-state index contributed by atoms with van der Waals surface area (Å²) in [4.78, 5) is 0. The molecule has 0 radical (unpaired) electrons. The maximum atomic E-state index is 4.09. The Bertz CT molecular complexity index is 267. The van der Waals surface area contributed by atoms with Gasteiger partial charge in [-0.1, -0.05) is 49.8 Å². The van der Waals surface area contributed by atoms with Crippen LogP contribution >= 0.6 is 0 Å². The third-order valence-corrected chi connectivity index (χ3v) is 2.29. The van der Waals surface area contributed by atoms with Crippen LogP contribution < -0.4 is 0 Å². The molecule has 1 aromatic rings. The Kier molecular flexibility index (Phi) is 3.75. The largest absolute Gasteiger partial charge is 0.0952 e. The number of benzene rings is 1. The highest BCUT2D eigenvalue weighted by Crippen LogP contribution is 2.18. The van der Waals surface area contributed by atoms with E-state index in [1.165, 1.54) is 29.5 Å². The molecule has 0 fully saturated rings. The van der Waals surface area contributed by atoms with Gasteiger partial charge in [-0.3, -0.25) is 0 Å². The summed E-state index contributed by atoms with van der Waals surface area (Å²) in [6.45, 7) is 8.41. The van der Waals surface area contributed by atoms with Crippen molar-refractivity contribution >= 4 is 5.57 Å². The fraction of sp³-hybridized carbons (Fsp3) is 0.385. The van der Waals surface area contributed by atoms with E-state index in [4.69, 9.17) is 0 Å². The molecule has 0 aromatic heterocycles. The van der Waals surface area contributed by atoms with Crippen molar-refractivity contribution in [2.24, 2.45) is 0 Å². The van der Waals surface area contributed by atoms with Gasteiger partial charge in [0.1, 0.15) is 0 Å². The average molecular weight is 174 g/mol. The van der Waals surface area contributed by atoms with Crippen molar-refractivity contribution < 1.29 is 0 Å². The lowest BCUT2D eigenvalue weighted by Gasteiger charge is -2.04. The molecule has 70 valence electrons. The first-order valence-electron chi connectivity index (χ1n) is 4.99. The second-order valence-corrected chi connectivity index (χ2v) is 3.57. The molecule has 0 heterocycles. The van der Waals surface area contributed by atoms with Crippen LogP contribution in [0.5, 0.6) is 0 Å². The Hall–Kier alpha value is -1.04. The number of hydrogen-bond acceptors (Lipinski definition) is 0. The first kappa shape index (κ1) is 10.0. The second-order valence-electron chi connectivity index (χ2n) is 3.57. The summed E-state index contributed by atoms with van der Waals surface area (Å²) >= 11 is 0. The van der Waals surface area contributed by atoms with E-state index in [1.807, 2.05) is 0 Å². The highest BCUT2D eigenvalue weighted by atomic mass is 14.0. The quantitative estimate of drug-likeness (QED) is 0.641. The average Bonchev–Trinajstić information content (AvgIpc) is 2.15. The molecular formula is C13H18. The first-order valence-corrected chi connectivity index (χ1v) is 4.99. The third kappa shape index (κ3) is 3.06. The zero-order chi connectivity index (χ0) is 9.68. The Morgan fingerprint density at radius 2 is 1.85 bits per heavy atom. The molecule has 0 bridgehead atoms. The Morgan fingerprint density at radius 1 is 1.23 bits per heavy atom. The zero-order valence-corrected chi connectivity index (χ0v) is 8.64. The van der Waals surface area contributed by atoms with E-state index in [1.54, 1.807) is 0 Å². The van der Waals surface area contributed by atoms with E-state index >= 15 is 0 Å².